The molecule has 2 aromatic rings. The van der Waals surface area contributed by atoms with Crippen LogP contribution in [0.5, 0.6) is 11.5 Å². The first-order chi connectivity index (χ1) is 10.1. The van der Waals surface area contributed by atoms with Crippen LogP contribution in [0.15, 0.2) is 42.5 Å². The van der Waals surface area contributed by atoms with E-state index >= 15 is 0 Å². The van der Waals surface area contributed by atoms with Crippen LogP contribution in [0.4, 0.5) is 4.39 Å². The number of nitrogens with two attached hydrogens (primary N) is 1. The van der Waals surface area contributed by atoms with E-state index in [1.54, 1.807) is 12.1 Å². The molecule has 21 heavy (non-hydrogen) atoms. The zero-order chi connectivity index (χ0) is 15.2. The second-order valence-corrected chi connectivity index (χ2v) is 4.80. The van der Waals surface area contributed by atoms with E-state index in [4.69, 9.17) is 27.4 Å². The lowest BCUT2D eigenvalue weighted by Crippen LogP contribution is -2.14. The molecule has 3 nitrogen and oxygen atoms in total. The second-order valence-electron chi connectivity index (χ2n) is 4.36. The highest BCUT2D eigenvalue weighted by Gasteiger charge is 2.08. The number of hydrogen-bond donors (Lipinski definition) is 1. The molecule has 5 heteroatoms. The Kier molecular flexibility index (Phi) is 5.11. The van der Waals surface area contributed by atoms with Crippen LogP contribution in [-0.4, -0.2) is 11.6 Å². The maximum absolute atomic E-state index is 13.2. The van der Waals surface area contributed by atoms with Crippen molar-refractivity contribution in [1.82, 2.24) is 0 Å². The van der Waals surface area contributed by atoms with Gasteiger partial charge in [0.2, 0.25) is 0 Å². The summed E-state index contributed by atoms with van der Waals surface area (Å²) in [7, 11) is 0. The van der Waals surface area contributed by atoms with Crippen molar-refractivity contribution >= 4 is 17.2 Å². The topological polar surface area (TPSA) is 44.5 Å². The Labute approximate surface area is 128 Å². The third kappa shape index (κ3) is 4.16. The first-order valence-corrected chi connectivity index (χ1v) is 6.95. The van der Waals surface area contributed by atoms with Crippen LogP contribution < -0.4 is 15.2 Å². The SMILES string of the molecule is CCOc1cccc(OCc2ccc(F)cc2C(N)=S)c1. The molecule has 2 rings (SSSR count). The minimum atomic E-state index is -0.375. The van der Waals surface area contributed by atoms with E-state index in [-0.39, 0.29) is 17.4 Å². The minimum Gasteiger partial charge on any atom is -0.494 e. The van der Waals surface area contributed by atoms with Crippen LogP contribution in [0, 0.1) is 5.82 Å². The number of halogens is 1. The van der Waals surface area contributed by atoms with Gasteiger partial charge < -0.3 is 15.2 Å². The van der Waals surface area contributed by atoms with E-state index in [9.17, 15) is 4.39 Å². The summed E-state index contributed by atoms with van der Waals surface area (Å²) in [5.41, 5.74) is 6.84. The van der Waals surface area contributed by atoms with E-state index in [1.165, 1.54) is 12.1 Å². The van der Waals surface area contributed by atoms with Gasteiger partial charge in [-0.15, -0.1) is 0 Å². The molecular weight excluding hydrogens is 289 g/mol. The number of ether oxygens (including phenoxy) is 2. The fourth-order valence-electron chi connectivity index (χ4n) is 1.89. The van der Waals surface area contributed by atoms with Gasteiger partial charge in [0.25, 0.3) is 0 Å². The molecule has 0 aliphatic rings. The Bertz CT molecular complexity index is 646. The van der Waals surface area contributed by atoms with Crippen molar-refractivity contribution < 1.29 is 13.9 Å². The lowest BCUT2D eigenvalue weighted by molar-refractivity contribution is 0.299. The van der Waals surface area contributed by atoms with Gasteiger partial charge in [-0.25, -0.2) is 4.39 Å². The van der Waals surface area contributed by atoms with Crippen molar-refractivity contribution in [1.29, 1.82) is 0 Å². The lowest BCUT2D eigenvalue weighted by Gasteiger charge is -2.11. The molecule has 0 saturated heterocycles. The molecule has 0 unspecified atom stereocenters. The van der Waals surface area contributed by atoms with Gasteiger partial charge in [0.05, 0.1) is 6.61 Å². The van der Waals surface area contributed by atoms with Gasteiger partial charge in [0.1, 0.15) is 28.9 Å². The fourth-order valence-corrected chi connectivity index (χ4v) is 2.08. The van der Waals surface area contributed by atoms with Crippen LogP contribution in [0.25, 0.3) is 0 Å². The standard InChI is InChI=1S/C16H16FNO2S/c1-2-19-13-4-3-5-14(9-13)20-10-11-6-7-12(17)8-15(11)16(18)21/h3-9H,2,10H2,1H3,(H2,18,21). The largest absolute Gasteiger partial charge is 0.494 e. The second kappa shape index (κ2) is 7.04. The predicted octanol–water partition coefficient (Wildman–Crippen LogP) is 3.44. The Morgan fingerprint density at radius 1 is 1.14 bits per heavy atom. The number of thiocarbonyl (C=S) groups is 1. The maximum Gasteiger partial charge on any atom is 0.123 e. The first-order valence-electron chi connectivity index (χ1n) is 6.54. The molecule has 0 saturated carbocycles. The smallest absolute Gasteiger partial charge is 0.123 e. The van der Waals surface area contributed by atoms with Crippen LogP contribution in [0.1, 0.15) is 18.1 Å². The summed E-state index contributed by atoms with van der Waals surface area (Å²) in [5, 5.41) is 0. The van der Waals surface area contributed by atoms with Gasteiger partial charge in [-0.3, -0.25) is 0 Å². The number of rotatable bonds is 6. The van der Waals surface area contributed by atoms with Crippen LogP contribution in [0.3, 0.4) is 0 Å². The van der Waals surface area contributed by atoms with Gasteiger partial charge in [-0.1, -0.05) is 24.4 Å². The third-order valence-electron chi connectivity index (χ3n) is 2.85. The van der Waals surface area contributed by atoms with E-state index in [0.717, 1.165) is 11.3 Å². The Balaban J connectivity index is 2.13. The Morgan fingerprint density at radius 3 is 2.52 bits per heavy atom. The van der Waals surface area contributed by atoms with Gasteiger partial charge in [0.15, 0.2) is 0 Å². The normalized spacial score (nSPS) is 10.2. The summed E-state index contributed by atoms with van der Waals surface area (Å²) in [6, 6.07) is 11.6. The lowest BCUT2D eigenvalue weighted by atomic mass is 10.1. The molecule has 0 spiro atoms. The summed E-state index contributed by atoms with van der Waals surface area (Å²) in [5.74, 6) is 1.03. The highest BCUT2D eigenvalue weighted by molar-refractivity contribution is 7.80. The highest BCUT2D eigenvalue weighted by Crippen LogP contribution is 2.21. The molecule has 0 bridgehead atoms. The average molecular weight is 305 g/mol. The number of benzene rings is 2. The third-order valence-corrected chi connectivity index (χ3v) is 3.07. The summed E-state index contributed by atoms with van der Waals surface area (Å²) < 4.78 is 24.3. The van der Waals surface area contributed by atoms with Crippen molar-refractivity contribution in [2.24, 2.45) is 5.73 Å². The summed E-state index contributed by atoms with van der Waals surface area (Å²) >= 11 is 4.93. The fraction of sp³-hybridized carbons (Fsp3) is 0.188. The molecule has 0 radical (unpaired) electrons. The maximum atomic E-state index is 13.2. The van der Waals surface area contributed by atoms with Gasteiger partial charge in [-0.2, -0.15) is 0 Å². The zero-order valence-electron chi connectivity index (χ0n) is 11.6. The summed E-state index contributed by atoms with van der Waals surface area (Å²) in [4.78, 5) is 0.149. The Morgan fingerprint density at radius 2 is 1.86 bits per heavy atom. The molecule has 0 aliphatic heterocycles. The molecule has 2 aromatic carbocycles. The molecule has 0 amide bonds. The zero-order valence-corrected chi connectivity index (χ0v) is 12.5. The van der Waals surface area contributed by atoms with Crippen LogP contribution in [-0.2, 0) is 6.61 Å². The summed E-state index contributed by atoms with van der Waals surface area (Å²) in [6.45, 7) is 2.76. The van der Waals surface area contributed by atoms with Gasteiger partial charge in [0, 0.05) is 11.6 Å². The molecule has 0 heterocycles. The highest BCUT2D eigenvalue weighted by atomic mass is 32.1. The van der Waals surface area contributed by atoms with Crippen LogP contribution >= 0.6 is 12.2 Å². The van der Waals surface area contributed by atoms with E-state index in [1.807, 2.05) is 25.1 Å². The van der Waals surface area contributed by atoms with Crippen molar-refractivity contribution in [3.05, 3.63) is 59.4 Å². The van der Waals surface area contributed by atoms with Gasteiger partial charge in [-0.05, 0) is 36.8 Å². The van der Waals surface area contributed by atoms with Crippen molar-refractivity contribution in [3.8, 4) is 11.5 Å². The van der Waals surface area contributed by atoms with E-state index in [2.05, 4.69) is 0 Å². The van der Waals surface area contributed by atoms with Crippen molar-refractivity contribution in [3.63, 3.8) is 0 Å². The minimum absolute atomic E-state index is 0.149. The van der Waals surface area contributed by atoms with Crippen molar-refractivity contribution in [2.75, 3.05) is 6.61 Å². The average Bonchev–Trinajstić information content (AvgIpc) is 2.46. The number of hydrogen-bond acceptors (Lipinski definition) is 3. The molecule has 0 fully saturated rings. The molecule has 2 N–H and O–H groups in total. The summed E-state index contributed by atoms with van der Waals surface area (Å²) in [6.07, 6.45) is 0. The monoisotopic (exact) mass is 305 g/mol. The molecule has 0 aromatic heterocycles. The van der Waals surface area contributed by atoms with E-state index in [0.29, 0.717) is 17.9 Å². The van der Waals surface area contributed by atoms with Gasteiger partial charge >= 0.3 is 0 Å². The molecule has 0 aliphatic carbocycles. The van der Waals surface area contributed by atoms with E-state index < -0.39 is 0 Å². The Hall–Kier alpha value is -2.14. The quantitative estimate of drug-likeness (QED) is 0.830. The predicted molar refractivity (Wildman–Crippen MR) is 84.2 cm³/mol. The first kappa shape index (κ1) is 15.3. The molecule has 110 valence electrons. The molecule has 0 atom stereocenters. The van der Waals surface area contributed by atoms with Crippen molar-refractivity contribution in [2.45, 2.75) is 13.5 Å². The van der Waals surface area contributed by atoms with Crippen LogP contribution in [0.2, 0.25) is 0 Å². The molecular formula is C16H16FNO2S.